The van der Waals surface area contributed by atoms with E-state index in [9.17, 15) is 9.50 Å². The van der Waals surface area contributed by atoms with Crippen molar-refractivity contribution in [1.82, 2.24) is 14.9 Å². The van der Waals surface area contributed by atoms with Gasteiger partial charge in [0.2, 0.25) is 0 Å². The molecule has 2 aromatic heterocycles. The number of rotatable bonds is 4. The van der Waals surface area contributed by atoms with E-state index in [1.54, 1.807) is 30.5 Å². The maximum Gasteiger partial charge on any atom is 0.174 e. The number of aromatic hydroxyl groups is 1. The minimum Gasteiger partial charge on any atom is -0.508 e. The van der Waals surface area contributed by atoms with Crippen LogP contribution in [-0.2, 0) is 0 Å². The lowest BCUT2D eigenvalue weighted by Crippen LogP contribution is -2.29. The first-order chi connectivity index (χ1) is 16.0. The van der Waals surface area contributed by atoms with E-state index in [1.165, 1.54) is 6.07 Å². The van der Waals surface area contributed by atoms with Gasteiger partial charge in [0, 0.05) is 23.3 Å². The zero-order valence-corrected chi connectivity index (χ0v) is 19.1. The van der Waals surface area contributed by atoms with Gasteiger partial charge in [0.1, 0.15) is 11.6 Å². The van der Waals surface area contributed by atoms with Crippen molar-refractivity contribution >= 4 is 23.0 Å². The Hall–Kier alpha value is -3.71. The standard InChI is InChI=1S/C26H23FN4OS/c1-16-15-20(17(2)30(16)23-9-4-3-7-21(23)27)25-24(22-8-5-6-14-28-22)29-26(33)31(25)18-10-12-19(32)13-11-18/h3-15,24-25,32H,1-2H3,(H,29,33)/t24-,25+/m1/s1. The highest BCUT2D eigenvalue weighted by molar-refractivity contribution is 7.80. The molecule has 7 heteroatoms. The Balaban J connectivity index is 1.69. The zero-order chi connectivity index (χ0) is 23.1. The summed E-state index contributed by atoms with van der Waals surface area (Å²) in [5.74, 6) is -0.0880. The Morgan fingerprint density at radius 3 is 2.42 bits per heavy atom. The van der Waals surface area contributed by atoms with Crippen LogP contribution in [0.15, 0.2) is 79.0 Å². The molecule has 0 aliphatic carbocycles. The number of halogens is 1. The van der Waals surface area contributed by atoms with Gasteiger partial charge >= 0.3 is 0 Å². The number of thiocarbonyl (C=S) groups is 1. The number of nitrogens with one attached hydrogen (secondary N) is 1. The third-order valence-corrected chi connectivity index (χ3v) is 6.42. The molecule has 1 aliphatic rings. The van der Waals surface area contributed by atoms with Crippen molar-refractivity contribution in [2.75, 3.05) is 4.90 Å². The van der Waals surface area contributed by atoms with Crippen molar-refractivity contribution in [2.45, 2.75) is 25.9 Å². The van der Waals surface area contributed by atoms with E-state index in [4.69, 9.17) is 12.2 Å². The van der Waals surface area contributed by atoms with Crippen LogP contribution in [0, 0.1) is 19.7 Å². The molecule has 0 unspecified atom stereocenters. The molecule has 4 aromatic rings. The summed E-state index contributed by atoms with van der Waals surface area (Å²) in [5.41, 5.74) is 5.10. The van der Waals surface area contributed by atoms with Crippen LogP contribution in [0.1, 0.15) is 34.7 Å². The van der Waals surface area contributed by atoms with Crippen LogP contribution in [-0.4, -0.2) is 19.8 Å². The van der Waals surface area contributed by atoms with Gasteiger partial charge in [0.15, 0.2) is 5.11 Å². The first-order valence-electron chi connectivity index (χ1n) is 10.7. The molecule has 5 nitrogen and oxygen atoms in total. The summed E-state index contributed by atoms with van der Waals surface area (Å²) in [5, 5.41) is 13.8. The Labute approximate surface area is 197 Å². The van der Waals surface area contributed by atoms with Gasteiger partial charge in [-0.05, 0) is 86.2 Å². The fraction of sp³-hybridized carbons (Fsp3) is 0.154. The monoisotopic (exact) mass is 458 g/mol. The summed E-state index contributed by atoms with van der Waals surface area (Å²) in [6.07, 6.45) is 1.77. The van der Waals surface area contributed by atoms with Gasteiger partial charge in [-0.1, -0.05) is 18.2 Å². The van der Waals surface area contributed by atoms with E-state index in [1.807, 2.05) is 59.7 Å². The van der Waals surface area contributed by atoms with Crippen molar-refractivity contribution in [3.05, 3.63) is 107 Å². The van der Waals surface area contributed by atoms with Gasteiger partial charge in [0.05, 0.1) is 23.5 Å². The molecule has 1 saturated heterocycles. The molecule has 1 aliphatic heterocycles. The molecule has 33 heavy (non-hydrogen) atoms. The molecule has 2 N–H and O–H groups in total. The second-order valence-corrected chi connectivity index (χ2v) is 8.51. The predicted octanol–water partition coefficient (Wildman–Crippen LogP) is 5.51. The highest BCUT2D eigenvalue weighted by atomic mass is 32.1. The SMILES string of the molecule is Cc1cc([C@H]2[C@@H](c3ccccn3)NC(=S)N2c2ccc(O)cc2)c(C)n1-c1ccccc1F. The number of nitrogens with zero attached hydrogens (tertiary/aromatic N) is 3. The minimum absolute atomic E-state index is 0.187. The Kier molecular flexibility index (Phi) is 5.34. The van der Waals surface area contributed by atoms with Crippen LogP contribution in [0.25, 0.3) is 5.69 Å². The van der Waals surface area contributed by atoms with Gasteiger partial charge in [-0.15, -0.1) is 0 Å². The number of para-hydroxylation sites is 1. The molecule has 0 radical (unpaired) electrons. The summed E-state index contributed by atoms with van der Waals surface area (Å²) in [6, 6.07) is 21.2. The fourth-order valence-corrected chi connectivity index (χ4v) is 5.00. The van der Waals surface area contributed by atoms with Crippen LogP contribution < -0.4 is 10.2 Å². The number of aromatic nitrogens is 2. The number of aryl methyl sites for hydroxylation is 1. The largest absolute Gasteiger partial charge is 0.508 e. The van der Waals surface area contributed by atoms with Gasteiger partial charge in [-0.3, -0.25) is 4.98 Å². The molecular formula is C26H23FN4OS. The second kappa shape index (κ2) is 8.33. The van der Waals surface area contributed by atoms with Crippen LogP contribution in [0.3, 0.4) is 0 Å². The van der Waals surface area contributed by atoms with E-state index in [0.29, 0.717) is 10.8 Å². The molecule has 0 saturated carbocycles. The van der Waals surface area contributed by atoms with E-state index < -0.39 is 0 Å². The van der Waals surface area contributed by atoms with Crippen molar-refractivity contribution < 1.29 is 9.50 Å². The van der Waals surface area contributed by atoms with Crippen LogP contribution in [0.5, 0.6) is 5.75 Å². The average molecular weight is 459 g/mol. The van der Waals surface area contributed by atoms with Gasteiger partial charge < -0.3 is 19.9 Å². The summed E-state index contributed by atoms with van der Waals surface area (Å²) in [6.45, 7) is 3.98. The maximum absolute atomic E-state index is 14.7. The maximum atomic E-state index is 14.7. The predicted molar refractivity (Wildman–Crippen MR) is 131 cm³/mol. The first-order valence-corrected chi connectivity index (χ1v) is 11.1. The fourth-order valence-electron chi connectivity index (χ4n) is 4.65. The molecular weight excluding hydrogens is 435 g/mol. The molecule has 0 spiro atoms. The van der Waals surface area contributed by atoms with Crippen LogP contribution in [0.2, 0.25) is 0 Å². The normalized spacial score (nSPS) is 17.9. The Bertz CT molecular complexity index is 1320. The average Bonchev–Trinajstić information content (AvgIpc) is 3.31. The number of anilines is 1. The molecule has 3 heterocycles. The first kappa shape index (κ1) is 21.2. The van der Waals surface area contributed by atoms with Crippen LogP contribution >= 0.6 is 12.2 Å². The smallest absolute Gasteiger partial charge is 0.174 e. The summed E-state index contributed by atoms with van der Waals surface area (Å²) in [7, 11) is 0. The number of phenolic OH excluding ortho intramolecular Hbond substituents is 1. The minimum atomic E-state index is -0.275. The highest BCUT2D eigenvalue weighted by Crippen LogP contribution is 2.44. The second-order valence-electron chi connectivity index (χ2n) is 8.13. The molecule has 0 amide bonds. The highest BCUT2D eigenvalue weighted by Gasteiger charge is 2.42. The van der Waals surface area contributed by atoms with E-state index in [2.05, 4.69) is 16.4 Å². The van der Waals surface area contributed by atoms with E-state index in [0.717, 1.165) is 28.3 Å². The van der Waals surface area contributed by atoms with Crippen molar-refractivity contribution in [3.8, 4) is 11.4 Å². The molecule has 2 aromatic carbocycles. The quantitative estimate of drug-likeness (QED) is 0.395. The van der Waals surface area contributed by atoms with E-state index in [-0.39, 0.29) is 23.7 Å². The lowest BCUT2D eigenvalue weighted by molar-refractivity contribution is 0.475. The number of benzene rings is 2. The molecule has 1 fully saturated rings. The lowest BCUT2D eigenvalue weighted by atomic mass is 9.96. The number of hydrogen-bond acceptors (Lipinski definition) is 3. The molecule has 2 atom stereocenters. The van der Waals surface area contributed by atoms with Gasteiger partial charge in [-0.2, -0.15) is 0 Å². The van der Waals surface area contributed by atoms with Gasteiger partial charge in [0.25, 0.3) is 0 Å². The van der Waals surface area contributed by atoms with Crippen molar-refractivity contribution in [2.24, 2.45) is 0 Å². The summed E-state index contributed by atoms with van der Waals surface area (Å²) < 4.78 is 16.6. The summed E-state index contributed by atoms with van der Waals surface area (Å²) >= 11 is 5.76. The molecule has 0 bridgehead atoms. The van der Waals surface area contributed by atoms with Gasteiger partial charge in [-0.25, -0.2) is 4.39 Å². The number of phenols is 1. The third kappa shape index (κ3) is 3.64. The van der Waals surface area contributed by atoms with Crippen molar-refractivity contribution in [1.29, 1.82) is 0 Å². The van der Waals surface area contributed by atoms with Crippen molar-refractivity contribution in [3.63, 3.8) is 0 Å². The Morgan fingerprint density at radius 2 is 1.73 bits per heavy atom. The zero-order valence-electron chi connectivity index (χ0n) is 18.2. The molecule has 5 rings (SSSR count). The van der Waals surface area contributed by atoms with Crippen LogP contribution in [0.4, 0.5) is 10.1 Å². The number of pyridine rings is 1. The van der Waals surface area contributed by atoms with E-state index >= 15 is 0 Å². The third-order valence-electron chi connectivity index (χ3n) is 6.11. The molecule has 166 valence electrons. The topological polar surface area (TPSA) is 53.3 Å². The number of hydrogen-bond donors (Lipinski definition) is 2. The Morgan fingerprint density at radius 1 is 1.00 bits per heavy atom. The summed E-state index contributed by atoms with van der Waals surface area (Å²) in [4.78, 5) is 6.63. The lowest BCUT2D eigenvalue weighted by Gasteiger charge is -2.28.